The predicted molar refractivity (Wildman–Crippen MR) is 121 cm³/mol. The van der Waals surface area contributed by atoms with Crippen molar-refractivity contribution >= 4 is 29.8 Å². The van der Waals surface area contributed by atoms with E-state index in [1.165, 1.54) is 16.7 Å². The number of carbonyl (C=O) groups is 5. The Bertz CT molecular complexity index is 1060. The van der Waals surface area contributed by atoms with Gasteiger partial charge in [-0.25, -0.2) is 9.59 Å². The number of hydrogen-bond acceptors (Lipinski definition) is 6. The average Bonchev–Trinajstić information content (AvgIpc) is 3.37. The van der Waals surface area contributed by atoms with E-state index in [0.717, 1.165) is 0 Å². The Kier molecular flexibility index (Phi) is 5.80. The van der Waals surface area contributed by atoms with Crippen molar-refractivity contribution < 1.29 is 33.8 Å². The molecule has 5 aliphatic heterocycles. The molecule has 4 fully saturated rings. The number of aliphatic carboxylic acids is 1. The molecule has 35 heavy (non-hydrogen) atoms. The Morgan fingerprint density at radius 2 is 1.86 bits per heavy atom. The van der Waals surface area contributed by atoms with Gasteiger partial charge in [-0.3, -0.25) is 19.3 Å². The number of ether oxygens (including phenoxy) is 1. The van der Waals surface area contributed by atoms with Crippen molar-refractivity contribution in [1.82, 2.24) is 19.6 Å². The number of likely N-dealkylation sites (tertiary alicyclic amines) is 3. The second-order valence-corrected chi connectivity index (χ2v) is 9.79. The maximum Gasteiger partial charge on any atom is 0.409 e. The van der Waals surface area contributed by atoms with Crippen LogP contribution in [-0.2, 0) is 23.9 Å². The minimum atomic E-state index is -1.20. The van der Waals surface area contributed by atoms with Crippen LogP contribution in [0.2, 0.25) is 0 Å². The number of amides is 4. The molecule has 0 radical (unpaired) electrons. The van der Waals surface area contributed by atoms with E-state index in [2.05, 4.69) is 0 Å². The quantitative estimate of drug-likeness (QED) is 0.454. The summed E-state index contributed by atoms with van der Waals surface area (Å²) in [6, 6.07) is -0.871. The first-order valence-corrected chi connectivity index (χ1v) is 12.2. The van der Waals surface area contributed by atoms with Crippen molar-refractivity contribution in [2.75, 3.05) is 32.8 Å². The van der Waals surface area contributed by atoms with Crippen molar-refractivity contribution in [1.29, 1.82) is 0 Å². The molecule has 1 N–H and O–H groups in total. The highest BCUT2D eigenvalue weighted by Gasteiger charge is 2.63. The molecule has 0 aromatic carbocycles. The number of carboxylic acids is 1. The molecule has 0 spiro atoms. The van der Waals surface area contributed by atoms with Crippen LogP contribution in [0.1, 0.15) is 39.5 Å². The molecule has 2 unspecified atom stereocenters. The van der Waals surface area contributed by atoms with Crippen LogP contribution < -0.4 is 0 Å². The number of hydrogen-bond donors (Lipinski definition) is 1. The zero-order chi connectivity index (χ0) is 25.0. The lowest BCUT2D eigenvalue weighted by atomic mass is 9.79. The van der Waals surface area contributed by atoms with Crippen LogP contribution in [0, 0.1) is 5.92 Å². The highest BCUT2D eigenvalue weighted by Crippen LogP contribution is 2.47. The zero-order valence-electron chi connectivity index (χ0n) is 19.9. The zero-order valence-corrected chi connectivity index (χ0v) is 19.9. The summed E-state index contributed by atoms with van der Waals surface area (Å²) in [5, 5.41) is 9.92. The summed E-state index contributed by atoms with van der Waals surface area (Å²) >= 11 is 0. The minimum absolute atomic E-state index is 0.0133. The monoisotopic (exact) mass is 486 g/mol. The van der Waals surface area contributed by atoms with Gasteiger partial charge in [0.05, 0.1) is 12.6 Å². The summed E-state index contributed by atoms with van der Waals surface area (Å²) in [7, 11) is 0. The number of nitrogens with zero attached hydrogens (tertiary/aromatic N) is 4. The summed E-state index contributed by atoms with van der Waals surface area (Å²) in [4.78, 5) is 68.5. The Labute approximate surface area is 202 Å². The molecule has 0 aromatic rings. The fourth-order valence-corrected chi connectivity index (χ4v) is 6.33. The van der Waals surface area contributed by atoms with E-state index in [9.17, 15) is 29.1 Å². The molecule has 0 aromatic heterocycles. The number of β-lactam (4-membered cyclic amide) rings is 1. The fourth-order valence-electron chi connectivity index (χ4n) is 6.33. The molecule has 11 heteroatoms. The van der Waals surface area contributed by atoms with Gasteiger partial charge in [-0.2, -0.15) is 0 Å². The molecule has 5 heterocycles. The van der Waals surface area contributed by atoms with E-state index < -0.39 is 12.0 Å². The molecule has 0 saturated carbocycles. The van der Waals surface area contributed by atoms with E-state index in [0.29, 0.717) is 69.6 Å². The van der Waals surface area contributed by atoms with Crippen molar-refractivity contribution in [2.45, 2.75) is 57.7 Å². The third-order valence-electron chi connectivity index (χ3n) is 7.93. The summed E-state index contributed by atoms with van der Waals surface area (Å²) in [6.07, 6.45) is 3.56. The largest absolute Gasteiger partial charge is 0.477 e. The number of rotatable bonds is 4. The lowest BCUT2D eigenvalue weighted by Crippen LogP contribution is -2.69. The molecule has 0 aliphatic carbocycles. The first-order valence-electron chi connectivity index (χ1n) is 12.2. The minimum Gasteiger partial charge on any atom is -0.477 e. The van der Waals surface area contributed by atoms with Gasteiger partial charge in [0, 0.05) is 50.6 Å². The van der Waals surface area contributed by atoms with E-state index in [4.69, 9.17) is 4.74 Å². The van der Waals surface area contributed by atoms with Gasteiger partial charge < -0.3 is 24.5 Å². The fraction of sp³-hybridized carbons (Fsp3) is 0.625. The first kappa shape index (κ1) is 23.4. The third-order valence-corrected chi connectivity index (χ3v) is 7.93. The Morgan fingerprint density at radius 1 is 1.14 bits per heavy atom. The van der Waals surface area contributed by atoms with Gasteiger partial charge in [0.2, 0.25) is 11.8 Å². The maximum atomic E-state index is 13.2. The summed E-state index contributed by atoms with van der Waals surface area (Å²) in [6.45, 7) is 5.50. The van der Waals surface area contributed by atoms with E-state index in [-0.39, 0.29) is 47.5 Å². The second-order valence-electron chi connectivity index (χ2n) is 9.79. The van der Waals surface area contributed by atoms with E-state index in [1.54, 1.807) is 17.9 Å². The smallest absolute Gasteiger partial charge is 0.409 e. The molecule has 11 nitrogen and oxygen atoms in total. The molecule has 4 saturated heterocycles. The number of piperidine rings is 1. The molecular weight excluding hydrogens is 456 g/mol. The van der Waals surface area contributed by atoms with Crippen LogP contribution >= 0.6 is 0 Å². The molecule has 4 amide bonds. The Balaban J connectivity index is 1.32. The Morgan fingerprint density at radius 3 is 2.49 bits per heavy atom. The van der Waals surface area contributed by atoms with E-state index >= 15 is 0 Å². The van der Waals surface area contributed by atoms with Gasteiger partial charge in [0.1, 0.15) is 11.7 Å². The molecule has 0 bridgehead atoms. The van der Waals surface area contributed by atoms with Gasteiger partial charge in [-0.1, -0.05) is 0 Å². The number of carboxylic acid groups (broad SMARTS) is 1. The number of allylic oxidation sites excluding steroid dienone is 2. The lowest BCUT2D eigenvalue weighted by Gasteiger charge is -2.49. The van der Waals surface area contributed by atoms with Gasteiger partial charge in [-0.15, -0.1) is 0 Å². The van der Waals surface area contributed by atoms with Crippen molar-refractivity contribution in [3.63, 3.8) is 0 Å². The van der Waals surface area contributed by atoms with E-state index in [1.807, 2.05) is 4.90 Å². The highest BCUT2D eigenvalue weighted by atomic mass is 16.6. The van der Waals surface area contributed by atoms with Crippen LogP contribution in [0.4, 0.5) is 4.79 Å². The predicted octanol–water partition coefficient (Wildman–Crippen LogP) is 0.566. The highest BCUT2D eigenvalue weighted by molar-refractivity contribution is 6.03. The Hall–Kier alpha value is -3.37. The SMILES string of the molecule is CCOC(=O)N1CCC(N2CC/C(=C\C3=C(C(=O)O)N4C(=O)C5[C@H]4C(C3)CN5C(C)=O)C2=O)CC1. The maximum absolute atomic E-state index is 13.2. The van der Waals surface area contributed by atoms with Crippen molar-refractivity contribution in [2.24, 2.45) is 5.92 Å². The molecule has 3 atom stereocenters. The first-order chi connectivity index (χ1) is 16.7. The van der Waals surface area contributed by atoms with Crippen LogP contribution in [0.15, 0.2) is 22.9 Å². The topological polar surface area (TPSA) is 128 Å². The van der Waals surface area contributed by atoms with Gasteiger partial charge in [-0.05, 0) is 44.3 Å². The second kappa shape index (κ2) is 8.69. The van der Waals surface area contributed by atoms with Gasteiger partial charge >= 0.3 is 12.1 Å². The molecular formula is C24H30N4O7. The average molecular weight is 487 g/mol. The molecule has 188 valence electrons. The van der Waals surface area contributed by atoms with Crippen LogP contribution in [0.5, 0.6) is 0 Å². The third kappa shape index (κ3) is 3.68. The van der Waals surface area contributed by atoms with Crippen LogP contribution in [-0.4, -0.2) is 105 Å². The summed E-state index contributed by atoms with van der Waals surface area (Å²) in [5.74, 6) is -1.92. The summed E-state index contributed by atoms with van der Waals surface area (Å²) in [5.41, 5.74) is 0.939. The van der Waals surface area contributed by atoms with Crippen molar-refractivity contribution in [3.8, 4) is 0 Å². The van der Waals surface area contributed by atoms with Crippen molar-refractivity contribution in [3.05, 3.63) is 22.9 Å². The number of carbonyl (C=O) groups excluding carboxylic acids is 4. The summed E-state index contributed by atoms with van der Waals surface area (Å²) < 4.78 is 5.06. The standard InChI is InChI=1S/C24H30N4O7/c1-3-35-24(34)25-7-5-17(6-8-25)26-9-4-14(21(26)30)10-15-11-16-12-27(13(2)29)20-18(16)28(22(20)31)19(15)23(32)33/h10,16-18,20H,3-9,11-12H2,1-2H3,(H,32,33)/b14-10+/t16?,18-,20?/m1/s1. The molecule has 5 aliphatic rings. The van der Waals surface area contributed by atoms with Crippen LogP contribution in [0.25, 0.3) is 0 Å². The van der Waals surface area contributed by atoms with Gasteiger partial charge in [0.15, 0.2) is 0 Å². The van der Waals surface area contributed by atoms with Gasteiger partial charge in [0.25, 0.3) is 5.91 Å². The normalized spacial score (nSPS) is 29.7. The molecule has 5 rings (SSSR count). The van der Waals surface area contributed by atoms with Crippen LogP contribution in [0.3, 0.4) is 0 Å². The lowest BCUT2D eigenvalue weighted by molar-refractivity contribution is -0.159.